The number of esters is 1. The lowest BCUT2D eigenvalue weighted by atomic mass is 10.1. The summed E-state index contributed by atoms with van der Waals surface area (Å²) in [6, 6.07) is 38.3. The fourth-order valence-corrected chi connectivity index (χ4v) is 4.06. The molecule has 4 aromatic carbocycles. The average Bonchev–Trinajstić information content (AvgIpc) is 3.45. The number of ether oxygens (including phenoxy) is 1. The normalized spacial score (nSPS) is 11.0. The van der Waals surface area contributed by atoms with Gasteiger partial charge in [0.2, 0.25) is 0 Å². The van der Waals surface area contributed by atoms with Crippen LogP contribution in [-0.2, 0) is 17.9 Å². The molecule has 188 valence electrons. The second-order valence-electron chi connectivity index (χ2n) is 8.57. The SMILES string of the molecule is O=C(OCc1ccccc1Cl)c1ccc(-c2ccc(C=NN(Cc3ccccc3)c3ccccc3)o2)cc1. The van der Waals surface area contributed by atoms with Crippen molar-refractivity contribution < 1.29 is 13.9 Å². The van der Waals surface area contributed by atoms with Crippen molar-refractivity contribution in [3.63, 3.8) is 0 Å². The topological polar surface area (TPSA) is 55.0 Å². The molecular formula is C32H25ClN2O3. The van der Waals surface area contributed by atoms with E-state index in [1.807, 2.05) is 96.0 Å². The van der Waals surface area contributed by atoms with Gasteiger partial charge < -0.3 is 9.15 Å². The van der Waals surface area contributed by atoms with Gasteiger partial charge in [-0.05, 0) is 48.0 Å². The summed E-state index contributed by atoms with van der Waals surface area (Å²) in [5.74, 6) is 0.886. The standard InChI is InChI=1S/C32H25ClN2O3/c33-30-14-8-7-11-27(30)23-37-32(36)26-17-15-25(16-18-26)31-20-19-29(38-31)21-34-35(28-12-5-2-6-13-28)22-24-9-3-1-4-10-24/h1-21H,22-23H2. The van der Waals surface area contributed by atoms with Gasteiger partial charge in [-0.25, -0.2) is 4.79 Å². The van der Waals surface area contributed by atoms with E-state index in [-0.39, 0.29) is 6.61 Å². The molecule has 0 amide bonds. The van der Waals surface area contributed by atoms with Crippen LogP contribution in [0.5, 0.6) is 0 Å². The van der Waals surface area contributed by atoms with Crippen LogP contribution >= 0.6 is 11.6 Å². The highest BCUT2D eigenvalue weighted by atomic mass is 35.5. The van der Waals surface area contributed by atoms with Gasteiger partial charge in [-0.1, -0.05) is 90.5 Å². The van der Waals surface area contributed by atoms with Crippen LogP contribution in [0.15, 0.2) is 131 Å². The van der Waals surface area contributed by atoms with E-state index < -0.39 is 5.97 Å². The molecule has 1 aromatic heterocycles. The number of hydrazone groups is 1. The number of furan rings is 1. The molecule has 0 spiro atoms. The Hall–Kier alpha value is -4.61. The summed E-state index contributed by atoms with van der Waals surface area (Å²) in [4.78, 5) is 12.5. The minimum atomic E-state index is -0.414. The maximum absolute atomic E-state index is 12.5. The molecule has 0 radical (unpaired) electrons. The molecule has 38 heavy (non-hydrogen) atoms. The molecule has 5 aromatic rings. The number of hydrogen-bond donors (Lipinski definition) is 0. The van der Waals surface area contributed by atoms with Crippen LogP contribution in [0.4, 0.5) is 5.69 Å². The van der Waals surface area contributed by atoms with Crippen molar-refractivity contribution >= 4 is 29.5 Å². The fourth-order valence-electron chi connectivity index (χ4n) is 3.87. The second kappa shape index (κ2) is 12.1. The molecule has 5 rings (SSSR count). The number of carbonyl (C=O) groups is 1. The largest absolute Gasteiger partial charge is 0.457 e. The van der Waals surface area contributed by atoms with Crippen LogP contribution in [0.1, 0.15) is 27.2 Å². The number of para-hydroxylation sites is 1. The number of rotatable bonds is 9. The maximum atomic E-state index is 12.5. The molecule has 0 saturated carbocycles. The molecule has 0 N–H and O–H groups in total. The smallest absolute Gasteiger partial charge is 0.338 e. The number of halogens is 1. The first-order chi connectivity index (χ1) is 18.7. The van der Waals surface area contributed by atoms with Crippen molar-refractivity contribution in [3.05, 3.63) is 149 Å². The van der Waals surface area contributed by atoms with Crippen molar-refractivity contribution in [1.82, 2.24) is 0 Å². The number of carbonyl (C=O) groups excluding carboxylic acids is 1. The third-order valence-corrected chi connectivity index (χ3v) is 6.27. The number of benzene rings is 4. The Morgan fingerprint density at radius 2 is 1.50 bits per heavy atom. The molecule has 5 nitrogen and oxygen atoms in total. The van der Waals surface area contributed by atoms with Gasteiger partial charge >= 0.3 is 5.97 Å². The Labute approximate surface area is 226 Å². The van der Waals surface area contributed by atoms with E-state index in [0.717, 1.165) is 22.4 Å². The molecule has 1 heterocycles. The predicted molar refractivity (Wildman–Crippen MR) is 151 cm³/mol. The molecule has 0 bridgehead atoms. The van der Waals surface area contributed by atoms with Gasteiger partial charge in [0.25, 0.3) is 0 Å². The summed E-state index contributed by atoms with van der Waals surface area (Å²) in [5.41, 5.74) is 4.19. The Morgan fingerprint density at radius 3 is 2.24 bits per heavy atom. The number of nitrogens with zero attached hydrogens (tertiary/aromatic N) is 2. The third-order valence-electron chi connectivity index (χ3n) is 5.90. The quantitative estimate of drug-likeness (QED) is 0.112. The Balaban J connectivity index is 1.25. The highest BCUT2D eigenvalue weighted by Crippen LogP contribution is 2.24. The zero-order valence-corrected chi connectivity index (χ0v) is 21.3. The lowest BCUT2D eigenvalue weighted by Crippen LogP contribution is -2.15. The van der Waals surface area contributed by atoms with Crippen LogP contribution in [0, 0.1) is 0 Å². The first-order valence-electron chi connectivity index (χ1n) is 12.2. The predicted octanol–water partition coefficient (Wildman–Crippen LogP) is 8.00. The summed E-state index contributed by atoms with van der Waals surface area (Å²) in [7, 11) is 0. The Kier molecular flexibility index (Phi) is 7.97. The van der Waals surface area contributed by atoms with Crippen LogP contribution in [-0.4, -0.2) is 12.2 Å². The van der Waals surface area contributed by atoms with E-state index in [1.165, 1.54) is 0 Å². The van der Waals surface area contributed by atoms with E-state index in [4.69, 9.17) is 25.9 Å². The highest BCUT2D eigenvalue weighted by Gasteiger charge is 2.11. The molecule has 0 atom stereocenters. The lowest BCUT2D eigenvalue weighted by molar-refractivity contribution is 0.0473. The summed E-state index contributed by atoms with van der Waals surface area (Å²) in [5, 5.41) is 7.20. The molecule has 0 aliphatic rings. The molecule has 0 aliphatic carbocycles. The molecule has 0 saturated heterocycles. The third kappa shape index (κ3) is 6.38. The molecule has 0 unspecified atom stereocenters. The van der Waals surface area contributed by atoms with Gasteiger partial charge in [0.15, 0.2) is 0 Å². The van der Waals surface area contributed by atoms with Gasteiger partial charge in [-0.15, -0.1) is 0 Å². The van der Waals surface area contributed by atoms with Crippen LogP contribution < -0.4 is 5.01 Å². The van der Waals surface area contributed by atoms with Crippen molar-refractivity contribution in [2.45, 2.75) is 13.2 Å². The van der Waals surface area contributed by atoms with Gasteiger partial charge in [-0.2, -0.15) is 5.10 Å². The average molecular weight is 521 g/mol. The van der Waals surface area contributed by atoms with E-state index in [0.29, 0.717) is 28.7 Å². The summed E-state index contributed by atoms with van der Waals surface area (Å²) < 4.78 is 11.4. The van der Waals surface area contributed by atoms with Crippen LogP contribution in [0.2, 0.25) is 5.02 Å². The summed E-state index contributed by atoms with van der Waals surface area (Å²) in [6.07, 6.45) is 1.71. The van der Waals surface area contributed by atoms with Crippen molar-refractivity contribution in [2.24, 2.45) is 5.10 Å². The van der Waals surface area contributed by atoms with E-state index in [1.54, 1.807) is 24.4 Å². The zero-order chi connectivity index (χ0) is 26.2. The minimum Gasteiger partial charge on any atom is -0.457 e. The molecule has 6 heteroatoms. The zero-order valence-electron chi connectivity index (χ0n) is 20.5. The number of anilines is 1. The monoisotopic (exact) mass is 520 g/mol. The van der Waals surface area contributed by atoms with Crippen LogP contribution in [0.3, 0.4) is 0 Å². The summed E-state index contributed by atoms with van der Waals surface area (Å²) >= 11 is 6.14. The summed E-state index contributed by atoms with van der Waals surface area (Å²) in [6.45, 7) is 0.744. The fraction of sp³-hybridized carbons (Fsp3) is 0.0625. The first kappa shape index (κ1) is 25.1. The number of hydrogen-bond acceptors (Lipinski definition) is 5. The van der Waals surface area contributed by atoms with Gasteiger partial charge in [0.1, 0.15) is 18.1 Å². The van der Waals surface area contributed by atoms with Crippen LogP contribution in [0.25, 0.3) is 11.3 Å². The highest BCUT2D eigenvalue weighted by molar-refractivity contribution is 6.31. The van der Waals surface area contributed by atoms with Crippen molar-refractivity contribution in [3.8, 4) is 11.3 Å². The van der Waals surface area contributed by atoms with E-state index in [9.17, 15) is 4.79 Å². The minimum absolute atomic E-state index is 0.116. The van der Waals surface area contributed by atoms with E-state index in [2.05, 4.69) is 12.1 Å². The molecule has 0 fully saturated rings. The van der Waals surface area contributed by atoms with Gasteiger partial charge in [0, 0.05) is 16.1 Å². The Morgan fingerprint density at radius 1 is 0.816 bits per heavy atom. The lowest BCUT2D eigenvalue weighted by Gasteiger charge is -2.19. The van der Waals surface area contributed by atoms with Crippen molar-refractivity contribution in [2.75, 3.05) is 5.01 Å². The van der Waals surface area contributed by atoms with Crippen molar-refractivity contribution in [1.29, 1.82) is 0 Å². The second-order valence-corrected chi connectivity index (χ2v) is 8.98. The Bertz CT molecular complexity index is 1510. The van der Waals surface area contributed by atoms with Gasteiger partial charge in [0.05, 0.1) is 24.0 Å². The van der Waals surface area contributed by atoms with E-state index >= 15 is 0 Å². The van der Waals surface area contributed by atoms with Gasteiger partial charge in [-0.3, -0.25) is 5.01 Å². The molecule has 0 aliphatic heterocycles. The molecular weight excluding hydrogens is 496 g/mol. The maximum Gasteiger partial charge on any atom is 0.338 e. The first-order valence-corrected chi connectivity index (χ1v) is 12.5.